The van der Waals surface area contributed by atoms with Crippen molar-refractivity contribution in [1.29, 1.82) is 0 Å². The van der Waals surface area contributed by atoms with Crippen molar-refractivity contribution in [3.63, 3.8) is 0 Å². The smallest absolute Gasteiger partial charge is 0.343 e. The zero-order valence-electron chi connectivity index (χ0n) is 39.4. The Hall–Kier alpha value is -1.84. The molecular formula is C50H63Cl9O6. The molecule has 0 radical (unpaired) electrons. The molecule has 0 unspecified atom stereocenters. The van der Waals surface area contributed by atoms with Gasteiger partial charge >= 0.3 is 5.97 Å². The maximum atomic E-state index is 12.5. The molecule has 0 spiro atoms. The van der Waals surface area contributed by atoms with Crippen molar-refractivity contribution in [1.82, 2.24) is 0 Å². The zero-order valence-corrected chi connectivity index (χ0v) is 46.2. The summed E-state index contributed by atoms with van der Waals surface area (Å²) < 4.78 is 9.11. The molecule has 1 aliphatic rings. The van der Waals surface area contributed by atoms with E-state index < -0.39 is 18.9 Å². The predicted molar refractivity (Wildman–Crippen MR) is 278 cm³/mol. The van der Waals surface area contributed by atoms with Gasteiger partial charge in [-0.1, -0.05) is 236 Å². The lowest BCUT2D eigenvalue weighted by atomic mass is 9.79. The fourth-order valence-corrected chi connectivity index (χ4v) is 7.03. The van der Waals surface area contributed by atoms with Crippen LogP contribution in [0, 0.1) is 0 Å². The van der Waals surface area contributed by atoms with E-state index in [-0.39, 0.29) is 45.5 Å². The van der Waals surface area contributed by atoms with Crippen LogP contribution in [-0.2, 0) is 56.9 Å². The molecule has 8 bridgehead atoms. The number of carbonyl (C=O) groups excluding carboxylic acids is 1. The van der Waals surface area contributed by atoms with E-state index in [1.54, 1.807) is 0 Å². The topological polar surface area (TPSA) is 96.2 Å². The highest BCUT2D eigenvalue weighted by Crippen LogP contribution is 2.43. The molecule has 0 heterocycles. The van der Waals surface area contributed by atoms with Crippen LogP contribution in [0.2, 0.25) is 0 Å². The fraction of sp³-hybridized carbons (Fsp3) is 0.500. The van der Waals surface area contributed by atoms with Gasteiger partial charge in [0.05, 0.1) is 7.11 Å². The summed E-state index contributed by atoms with van der Waals surface area (Å²) in [5.41, 5.74) is 9.32. The maximum absolute atomic E-state index is 12.5. The third-order valence-corrected chi connectivity index (χ3v) is 10.6. The maximum Gasteiger partial charge on any atom is 0.343 e. The number of hydrogen-bond acceptors (Lipinski definition) is 6. The second-order valence-electron chi connectivity index (χ2n) is 19.9. The molecule has 0 aliphatic heterocycles. The van der Waals surface area contributed by atoms with E-state index in [2.05, 4.69) is 132 Å². The lowest BCUT2D eigenvalue weighted by Crippen LogP contribution is -2.18. The zero-order chi connectivity index (χ0) is 50.2. The van der Waals surface area contributed by atoms with E-state index in [0.717, 1.165) is 66.8 Å². The third-order valence-electron chi connectivity index (χ3n) is 10.6. The fourth-order valence-electron chi connectivity index (χ4n) is 7.03. The molecule has 4 aromatic rings. The number of ether oxygens (including phenoxy) is 2. The SMILES string of the molecule is COC(=O)COc1c2cc(C(C)(C)C)cc1Cc1cc(C(C)(C)C)cc(c1O)Cc1cc(C(C)(C)C)cc(c1O)Cc1cc(C(C)(C)C)cc(c1O)C2.ClC(Cl)Cl.ClC(Cl)Cl.ClC(Cl)Cl. The number of rotatable bonds is 3. The highest BCUT2D eigenvalue weighted by Gasteiger charge is 2.28. The molecule has 0 saturated heterocycles. The molecule has 1 aliphatic carbocycles. The molecule has 6 nitrogen and oxygen atoms in total. The number of aromatic hydroxyl groups is 3. The average molecular weight is 1080 g/mol. The summed E-state index contributed by atoms with van der Waals surface area (Å²) in [6.07, 6.45) is 1.27. The normalized spacial score (nSPS) is 12.9. The minimum Gasteiger partial charge on any atom is -0.507 e. The van der Waals surface area contributed by atoms with Gasteiger partial charge in [-0.2, -0.15) is 0 Å². The van der Waals surface area contributed by atoms with Crippen molar-refractivity contribution >= 4 is 110 Å². The van der Waals surface area contributed by atoms with Crippen molar-refractivity contribution in [2.45, 2.75) is 143 Å². The number of halogens is 9. The molecular weight excluding hydrogens is 1020 g/mol. The van der Waals surface area contributed by atoms with Gasteiger partial charge in [-0.25, -0.2) is 4.79 Å². The number of fused-ring (bicyclic) bond motifs is 8. The Bertz CT molecular complexity index is 2090. The van der Waals surface area contributed by atoms with Gasteiger partial charge in [0.2, 0.25) is 0 Å². The molecule has 15 heteroatoms. The number of alkyl halides is 9. The number of hydrogen-bond donors (Lipinski definition) is 3. The van der Waals surface area contributed by atoms with Crippen LogP contribution >= 0.6 is 104 Å². The monoisotopic (exact) mass is 1070 g/mol. The highest BCUT2D eigenvalue weighted by molar-refractivity contribution is 6.63. The van der Waals surface area contributed by atoms with E-state index in [1.165, 1.54) is 7.11 Å². The van der Waals surface area contributed by atoms with Crippen molar-refractivity contribution in [3.05, 3.63) is 115 Å². The van der Waals surface area contributed by atoms with Crippen LogP contribution in [0.25, 0.3) is 0 Å². The van der Waals surface area contributed by atoms with Crippen LogP contribution in [0.1, 0.15) is 150 Å². The van der Waals surface area contributed by atoms with Crippen LogP contribution in [0.5, 0.6) is 23.0 Å². The standard InChI is InChI=1S/C47H60O6.3CHCl3/c1-44(2,3)35-18-27-14-29-20-36(45(4,5)6)22-31(41(29)50)16-33-24-38(47(10,11)12)25-34(43(33)53-26-39(48)52-13)17-32-23-37(46(7,8)9)21-30(42(32)51)15-28(19-35)40(27)49;3*2-1(3)4/h18-25,49-51H,14-17,26H2,1-13H3;3*1H. The van der Waals surface area contributed by atoms with E-state index in [9.17, 15) is 20.1 Å². The first-order valence-corrected chi connectivity index (χ1v) is 24.7. The summed E-state index contributed by atoms with van der Waals surface area (Å²) in [7, 11) is 1.34. The van der Waals surface area contributed by atoms with Gasteiger partial charge in [0.1, 0.15) is 23.0 Å². The third kappa shape index (κ3) is 18.9. The average Bonchev–Trinajstić information content (AvgIpc) is 3.12. The molecule has 0 saturated carbocycles. The Balaban J connectivity index is 0.00000108. The number of phenolic OH excluding ortho intramolecular Hbond substituents is 3. The van der Waals surface area contributed by atoms with Gasteiger partial charge < -0.3 is 24.8 Å². The molecule has 0 amide bonds. The molecule has 0 fully saturated rings. The van der Waals surface area contributed by atoms with Gasteiger partial charge in [0.15, 0.2) is 19.5 Å². The van der Waals surface area contributed by atoms with Crippen LogP contribution in [0.3, 0.4) is 0 Å². The van der Waals surface area contributed by atoms with E-state index in [1.807, 2.05) is 0 Å². The highest BCUT2D eigenvalue weighted by atomic mass is 35.6. The van der Waals surface area contributed by atoms with Crippen LogP contribution in [0.15, 0.2) is 48.5 Å². The van der Waals surface area contributed by atoms with E-state index in [0.29, 0.717) is 31.4 Å². The Labute approximate surface area is 432 Å². The van der Waals surface area contributed by atoms with Crippen LogP contribution in [-0.4, -0.2) is 47.9 Å². The Morgan fingerprint density at radius 3 is 0.815 bits per heavy atom. The van der Waals surface area contributed by atoms with Crippen molar-refractivity contribution in [3.8, 4) is 23.0 Å². The first-order valence-electron chi connectivity index (χ1n) is 20.7. The largest absolute Gasteiger partial charge is 0.507 e. The second kappa shape index (κ2) is 24.6. The van der Waals surface area contributed by atoms with Gasteiger partial charge in [0.25, 0.3) is 0 Å². The van der Waals surface area contributed by atoms with E-state index >= 15 is 0 Å². The van der Waals surface area contributed by atoms with Gasteiger partial charge in [0, 0.05) is 25.7 Å². The molecule has 0 atom stereocenters. The van der Waals surface area contributed by atoms with Crippen LogP contribution < -0.4 is 4.74 Å². The molecule has 65 heavy (non-hydrogen) atoms. The molecule has 3 N–H and O–H groups in total. The summed E-state index contributed by atoms with van der Waals surface area (Å²) in [6, 6.07) is 16.6. The Morgan fingerprint density at radius 1 is 0.446 bits per heavy atom. The molecule has 4 aromatic carbocycles. The first-order chi connectivity index (χ1) is 29.6. The minimum absolute atomic E-state index is 0.173. The van der Waals surface area contributed by atoms with Gasteiger partial charge in [-0.15, -0.1) is 0 Å². The van der Waals surface area contributed by atoms with Crippen molar-refractivity contribution < 1.29 is 29.6 Å². The number of benzene rings is 4. The van der Waals surface area contributed by atoms with E-state index in [4.69, 9.17) is 114 Å². The van der Waals surface area contributed by atoms with Crippen molar-refractivity contribution in [2.75, 3.05) is 13.7 Å². The lowest BCUT2D eigenvalue weighted by molar-refractivity contribution is -0.142. The van der Waals surface area contributed by atoms with Gasteiger partial charge in [-0.05, 0) is 88.4 Å². The molecule has 0 aromatic heterocycles. The predicted octanol–water partition coefficient (Wildman–Crippen LogP) is 16.2. The van der Waals surface area contributed by atoms with Crippen molar-refractivity contribution in [2.24, 2.45) is 0 Å². The number of esters is 1. The Kier molecular flexibility index (Phi) is 22.5. The number of methoxy groups -OCH3 is 1. The summed E-state index contributed by atoms with van der Waals surface area (Å²) in [4.78, 5) is 12.5. The molecule has 5 rings (SSSR count). The quantitative estimate of drug-likeness (QED) is 0.123. The minimum atomic E-state index is -0.750. The number of carbonyl (C=O) groups is 1. The summed E-state index contributed by atoms with van der Waals surface area (Å²) in [5, 5.41) is 36.3. The summed E-state index contributed by atoms with van der Waals surface area (Å²) >= 11 is 43.3. The van der Waals surface area contributed by atoms with Gasteiger partial charge in [-0.3, -0.25) is 0 Å². The molecule has 362 valence electrons. The summed E-state index contributed by atoms with van der Waals surface area (Å²) in [6.45, 7) is 25.6. The Morgan fingerprint density at radius 2 is 0.631 bits per heavy atom. The van der Waals surface area contributed by atoms with Crippen LogP contribution in [0.4, 0.5) is 0 Å². The first kappa shape index (κ1) is 59.3. The second-order valence-corrected chi connectivity index (χ2v) is 25.8. The summed E-state index contributed by atoms with van der Waals surface area (Å²) in [5.74, 6) is 0.558. The lowest BCUT2D eigenvalue weighted by Gasteiger charge is -2.27. The number of phenols is 3.